The molecule has 0 aromatic carbocycles. The maximum Gasteiger partial charge on any atom is 2.00 e. The van der Waals surface area contributed by atoms with Crippen molar-refractivity contribution in [2.75, 3.05) is 0 Å². The first-order valence-electron chi connectivity index (χ1n) is 3.02. The fourth-order valence-corrected chi connectivity index (χ4v) is 0.722. The predicted molar refractivity (Wildman–Crippen MR) is 37.3 cm³/mol. The van der Waals surface area contributed by atoms with Crippen LogP contribution in [0.25, 0.3) is 0 Å². The normalized spacial score (nSPS) is 8.70. The van der Waals surface area contributed by atoms with Gasteiger partial charge in [-0.2, -0.15) is 6.07 Å². The second-order valence-corrected chi connectivity index (χ2v) is 2.32. The van der Waals surface area contributed by atoms with E-state index in [1.54, 1.807) is 0 Å². The molecule has 1 heterocycles. The summed E-state index contributed by atoms with van der Waals surface area (Å²) in [5.74, 6) is 0. The van der Waals surface area contributed by atoms with Crippen LogP contribution < -0.4 is 0 Å². The third kappa shape index (κ3) is 2.22. The van der Waals surface area contributed by atoms with Gasteiger partial charge in [-0.1, -0.05) is 32.7 Å². The standard InChI is InChI=1S/C8H10N.W/c1-6-4-7(2)8(3)9-5-6;/h4H,1-3H3;/q-1;+2. The van der Waals surface area contributed by atoms with Crippen molar-refractivity contribution in [3.63, 3.8) is 0 Å². The van der Waals surface area contributed by atoms with E-state index in [2.05, 4.69) is 24.2 Å². The van der Waals surface area contributed by atoms with E-state index in [0.29, 0.717) is 0 Å². The van der Waals surface area contributed by atoms with E-state index in [1.807, 2.05) is 13.8 Å². The van der Waals surface area contributed by atoms with Crippen LogP contribution in [0, 0.1) is 27.0 Å². The van der Waals surface area contributed by atoms with Crippen molar-refractivity contribution in [2.24, 2.45) is 0 Å². The Bertz CT molecular complexity index is 220. The smallest absolute Gasteiger partial charge is 0.391 e. The summed E-state index contributed by atoms with van der Waals surface area (Å²) < 4.78 is 0. The molecule has 0 aliphatic heterocycles. The first kappa shape index (κ1) is 9.84. The molecular formula is C8H10NW+. The van der Waals surface area contributed by atoms with Gasteiger partial charge in [0, 0.05) is 0 Å². The van der Waals surface area contributed by atoms with Gasteiger partial charge >= 0.3 is 21.1 Å². The SMILES string of the molecule is Cc1[c-]nc(C)c(C)c1.[W+2]. The van der Waals surface area contributed by atoms with Gasteiger partial charge in [-0.3, -0.25) is 0 Å². The number of hydrogen-bond acceptors (Lipinski definition) is 1. The van der Waals surface area contributed by atoms with Crippen LogP contribution in [0.2, 0.25) is 0 Å². The quantitative estimate of drug-likeness (QED) is 0.666. The van der Waals surface area contributed by atoms with E-state index >= 15 is 0 Å². The Hall–Kier alpha value is -0.162. The van der Waals surface area contributed by atoms with Crippen LogP contribution in [0.4, 0.5) is 0 Å². The first-order valence-corrected chi connectivity index (χ1v) is 3.02. The topological polar surface area (TPSA) is 12.9 Å². The zero-order chi connectivity index (χ0) is 6.85. The summed E-state index contributed by atoms with van der Waals surface area (Å²) in [7, 11) is 0. The molecule has 0 saturated heterocycles. The molecule has 0 bridgehead atoms. The largest absolute Gasteiger partial charge is 2.00 e. The summed E-state index contributed by atoms with van der Waals surface area (Å²) in [4.78, 5) is 4.05. The van der Waals surface area contributed by atoms with E-state index in [9.17, 15) is 0 Å². The van der Waals surface area contributed by atoms with E-state index in [4.69, 9.17) is 0 Å². The van der Waals surface area contributed by atoms with E-state index < -0.39 is 0 Å². The molecule has 1 aromatic heterocycles. The molecule has 0 aliphatic rings. The number of aryl methyl sites for hydroxylation is 3. The second-order valence-electron chi connectivity index (χ2n) is 2.32. The van der Waals surface area contributed by atoms with Gasteiger partial charge in [0.2, 0.25) is 0 Å². The molecule has 0 atom stereocenters. The Labute approximate surface area is 76.1 Å². The van der Waals surface area contributed by atoms with E-state index in [1.165, 1.54) is 5.56 Å². The summed E-state index contributed by atoms with van der Waals surface area (Å²) >= 11 is 0. The minimum atomic E-state index is 0. The maximum atomic E-state index is 4.05. The number of pyridine rings is 1. The monoisotopic (exact) mass is 304 g/mol. The van der Waals surface area contributed by atoms with Crippen molar-refractivity contribution < 1.29 is 21.1 Å². The molecule has 0 radical (unpaired) electrons. The fourth-order valence-electron chi connectivity index (χ4n) is 0.722. The summed E-state index contributed by atoms with van der Waals surface area (Å²) in [6.07, 6.45) is 2.89. The van der Waals surface area contributed by atoms with Gasteiger partial charge in [0.1, 0.15) is 0 Å². The van der Waals surface area contributed by atoms with Crippen LogP contribution >= 0.6 is 0 Å². The Morgan fingerprint density at radius 3 is 2.30 bits per heavy atom. The summed E-state index contributed by atoms with van der Waals surface area (Å²) in [5, 5.41) is 0. The van der Waals surface area contributed by atoms with Gasteiger partial charge in [-0.25, -0.2) is 0 Å². The van der Waals surface area contributed by atoms with Gasteiger partial charge in [-0.05, 0) is 0 Å². The molecule has 0 unspecified atom stereocenters. The molecule has 0 amide bonds. The van der Waals surface area contributed by atoms with E-state index in [-0.39, 0.29) is 21.1 Å². The minimum absolute atomic E-state index is 0. The Balaban J connectivity index is 0.000000810. The maximum absolute atomic E-state index is 4.05. The molecule has 0 fully saturated rings. The predicted octanol–water partition coefficient (Wildman–Crippen LogP) is 1.80. The average molecular weight is 304 g/mol. The zero-order valence-corrected chi connectivity index (χ0v) is 9.37. The average Bonchev–Trinajstić information content (AvgIpc) is 1.80. The molecular weight excluding hydrogens is 294 g/mol. The Morgan fingerprint density at radius 1 is 1.30 bits per heavy atom. The molecule has 1 nitrogen and oxygen atoms in total. The summed E-state index contributed by atoms with van der Waals surface area (Å²) in [6.45, 7) is 6.05. The molecule has 0 saturated carbocycles. The summed E-state index contributed by atoms with van der Waals surface area (Å²) in [6, 6.07) is 2.09. The number of aromatic nitrogens is 1. The number of nitrogens with zero attached hydrogens (tertiary/aromatic N) is 1. The first-order chi connectivity index (χ1) is 4.20. The van der Waals surface area contributed by atoms with Crippen molar-refractivity contribution in [2.45, 2.75) is 20.8 Å². The van der Waals surface area contributed by atoms with Crippen LogP contribution in [-0.4, -0.2) is 4.98 Å². The number of rotatable bonds is 0. The van der Waals surface area contributed by atoms with Gasteiger partial charge in [0.05, 0.1) is 0 Å². The molecule has 10 heavy (non-hydrogen) atoms. The third-order valence-electron chi connectivity index (χ3n) is 1.40. The van der Waals surface area contributed by atoms with Gasteiger partial charge < -0.3 is 4.98 Å². The van der Waals surface area contributed by atoms with Crippen molar-refractivity contribution in [1.29, 1.82) is 0 Å². The minimum Gasteiger partial charge on any atom is -0.391 e. The van der Waals surface area contributed by atoms with Gasteiger partial charge in [-0.15, -0.1) is 11.1 Å². The molecule has 1 aromatic rings. The second kappa shape index (κ2) is 3.87. The van der Waals surface area contributed by atoms with Crippen molar-refractivity contribution in [1.82, 2.24) is 4.98 Å². The van der Waals surface area contributed by atoms with Crippen LogP contribution in [0.15, 0.2) is 6.07 Å². The van der Waals surface area contributed by atoms with Crippen LogP contribution in [0.3, 0.4) is 0 Å². The van der Waals surface area contributed by atoms with Crippen LogP contribution in [0.5, 0.6) is 0 Å². The third-order valence-corrected chi connectivity index (χ3v) is 1.40. The number of hydrogen-bond donors (Lipinski definition) is 0. The van der Waals surface area contributed by atoms with Crippen molar-refractivity contribution in [3.05, 3.63) is 29.1 Å². The Kier molecular flexibility index (Phi) is 3.81. The molecule has 0 N–H and O–H groups in total. The van der Waals surface area contributed by atoms with Crippen molar-refractivity contribution in [3.8, 4) is 0 Å². The molecule has 52 valence electrons. The Morgan fingerprint density at radius 2 is 1.90 bits per heavy atom. The van der Waals surface area contributed by atoms with Gasteiger partial charge in [0.15, 0.2) is 0 Å². The van der Waals surface area contributed by atoms with Crippen LogP contribution in [-0.2, 0) is 21.1 Å². The molecule has 0 aliphatic carbocycles. The summed E-state index contributed by atoms with van der Waals surface area (Å²) in [5.41, 5.74) is 3.42. The van der Waals surface area contributed by atoms with E-state index in [0.717, 1.165) is 11.3 Å². The molecule has 2 heteroatoms. The fraction of sp³-hybridized carbons (Fsp3) is 0.375. The zero-order valence-electron chi connectivity index (χ0n) is 6.43. The van der Waals surface area contributed by atoms with Gasteiger partial charge in [0.25, 0.3) is 0 Å². The van der Waals surface area contributed by atoms with Crippen LogP contribution in [0.1, 0.15) is 16.8 Å². The molecule has 1 rings (SSSR count). The van der Waals surface area contributed by atoms with Crippen molar-refractivity contribution >= 4 is 0 Å². The molecule has 0 spiro atoms.